The first kappa shape index (κ1) is 17.1. The van der Waals surface area contributed by atoms with Crippen molar-refractivity contribution in [2.45, 2.75) is 52.6 Å². The van der Waals surface area contributed by atoms with Crippen LogP contribution in [0.3, 0.4) is 0 Å². The van der Waals surface area contributed by atoms with E-state index in [2.05, 4.69) is 0 Å². The zero-order valence-electron chi connectivity index (χ0n) is 15.7. The van der Waals surface area contributed by atoms with Crippen LogP contribution in [0.5, 0.6) is 0 Å². The Kier molecular flexibility index (Phi) is 2.91. The van der Waals surface area contributed by atoms with Crippen LogP contribution in [0.25, 0.3) is 0 Å². The van der Waals surface area contributed by atoms with Gasteiger partial charge in [-0.2, -0.15) is 0 Å². The number of likely N-dealkylation sites (N-methyl/N-ethyl adjacent to an activating group) is 2. The molecule has 3 rings (SSSR count). The SMILES string of the molecule is CN1C(=O)C(C)(C)C(=O)C2C3C(=O)C(C)(C)C(=O)N(C)C3(C)C21C. The van der Waals surface area contributed by atoms with Crippen LogP contribution in [0, 0.1) is 22.7 Å². The third kappa shape index (κ3) is 1.33. The predicted molar refractivity (Wildman–Crippen MR) is 86.9 cm³/mol. The molecule has 3 aliphatic rings. The largest absolute Gasteiger partial charge is 0.336 e. The normalized spacial score (nSPS) is 43.3. The summed E-state index contributed by atoms with van der Waals surface area (Å²) in [6.07, 6.45) is 0. The minimum Gasteiger partial charge on any atom is -0.336 e. The Balaban J connectivity index is 2.24. The summed E-state index contributed by atoms with van der Waals surface area (Å²) in [7, 11) is 3.35. The summed E-state index contributed by atoms with van der Waals surface area (Å²) in [4.78, 5) is 55.0. The smallest absolute Gasteiger partial charge is 0.236 e. The van der Waals surface area contributed by atoms with Crippen molar-refractivity contribution in [2.24, 2.45) is 22.7 Å². The number of carbonyl (C=O) groups excluding carboxylic acids is 4. The molecular formula is C18H26N2O4. The highest BCUT2D eigenvalue weighted by atomic mass is 16.2. The third-order valence-electron chi connectivity index (χ3n) is 7.44. The molecule has 0 aromatic carbocycles. The van der Waals surface area contributed by atoms with Gasteiger partial charge in [0, 0.05) is 14.1 Å². The third-order valence-corrected chi connectivity index (χ3v) is 7.44. The Labute approximate surface area is 142 Å². The van der Waals surface area contributed by atoms with E-state index in [9.17, 15) is 19.2 Å². The van der Waals surface area contributed by atoms with Gasteiger partial charge in [-0.1, -0.05) is 0 Å². The average Bonchev–Trinajstić information content (AvgIpc) is 2.51. The van der Waals surface area contributed by atoms with Crippen molar-refractivity contribution in [3.63, 3.8) is 0 Å². The molecule has 0 bridgehead atoms. The van der Waals surface area contributed by atoms with Gasteiger partial charge in [-0.3, -0.25) is 19.2 Å². The lowest BCUT2D eigenvalue weighted by Gasteiger charge is -2.75. The van der Waals surface area contributed by atoms with Gasteiger partial charge in [0.1, 0.15) is 10.8 Å². The number of hydrogen-bond acceptors (Lipinski definition) is 4. The van der Waals surface area contributed by atoms with E-state index >= 15 is 0 Å². The summed E-state index contributed by atoms with van der Waals surface area (Å²) in [5.74, 6) is -2.07. The summed E-state index contributed by atoms with van der Waals surface area (Å²) < 4.78 is 0. The van der Waals surface area contributed by atoms with E-state index in [-0.39, 0.29) is 23.4 Å². The molecule has 3 fully saturated rings. The molecule has 2 saturated heterocycles. The van der Waals surface area contributed by atoms with Crippen molar-refractivity contribution in [3.05, 3.63) is 0 Å². The van der Waals surface area contributed by atoms with Crippen LogP contribution in [-0.4, -0.2) is 58.4 Å². The second kappa shape index (κ2) is 4.09. The maximum Gasteiger partial charge on any atom is 0.236 e. The van der Waals surface area contributed by atoms with Crippen molar-refractivity contribution in [2.75, 3.05) is 14.1 Å². The number of rotatable bonds is 0. The van der Waals surface area contributed by atoms with Crippen molar-refractivity contribution in [1.82, 2.24) is 9.80 Å². The number of Topliss-reactive ketones (excluding diaryl/α,β-unsaturated/α-hetero) is 2. The van der Waals surface area contributed by atoms with Crippen molar-refractivity contribution < 1.29 is 19.2 Å². The Morgan fingerprint density at radius 1 is 0.625 bits per heavy atom. The predicted octanol–water partition coefficient (Wildman–Crippen LogP) is 0.884. The van der Waals surface area contributed by atoms with E-state index in [0.29, 0.717) is 0 Å². The highest BCUT2D eigenvalue weighted by molar-refractivity contribution is 6.17. The van der Waals surface area contributed by atoms with Crippen LogP contribution in [0.2, 0.25) is 0 Å². The van der Waals surface area contributed by atoms with Crippen LogP contribution in [-0.2, 0) is 19.2 Å². The first-order valence-electron chi connectivity index (χ1n) is 8.34. The van der Waals surface area contributed by atoms with Crippen LogP contribution >= 0.6 is 0 Å². The summed E-state index contributed by atoms with van der Waals surface area (Å²) in [5.41, 5.74) is -4.05. The molecule has 0 N–H and O–H groups in total. The molecule has 0 aromatic rings. The van der Waals surface area contributed by atoms with Gasteiger partial charge in [-0.05, 0) is 41.5 Å². The van der Waals surface area contributed by atoms with Crippen LogP contribution < -0.4 is 0 Å². The maximum absolute atomic E-state index is 13.1. The highest BCUT2D eigenvalue weighted by Gasteiger charge is 2.82. The van der Waals surface area contributed by atoms with E-state index in [1.807, 2.05) is 13.8 Å². The van der Waals surface area contributed by atoms with Crippen molar-refractivity contribution in [3.8, 4) is 0 Å². The number of carbonyl (C=O) groups is 4. The Hall–Kier alpha value is -1.72. The lowest BCUT2D eigenvalue weighted by molar-refractivity contribution is -0.240. The maximum atomic E-state index is 13.1. The fourth-order valence-electron chi connectivity index (χ4n) is 5.34. The molecule has 0 spiro atoms. The Bertz CT molecular complexity index is 650. The highest BCUT2D eigenvalue weighted by Crippen LogP contribution is 2.65. The average molecular weight is 334 g/mol. The van der Waals surface area contributed by atoms with Gasteiger partial charge in [0.15, 0.2) is 11.6 Å². The number of nitrogens with zero attached hydrogens (tertiary/aromatic N) is 2. The van der Waals surface area contributed by atoms with E-state index in [1.54, 1.807) is 51.6 Å². The van der Waals surface area contributed by atoms with Gasteiger partial charge in [0.05, 0.1) is 22.9 Å². The summed E-state index contributed by atoms with van der Waals surface area (Å²) in [6, 6.07) is 0. The molecule has 2 heterocycles. The van der Waals surface area contributed by atoms with Gasteiger partial charge in [-0.25, -0.2) is 0 Å². The molecule has 6 nitrogen and oxygen atoms in total. The number of fused-ring (bicyclic) bond motifs is 4. The topological polar surface area (TPSA) is 74.8 Å². The fourth-order valence-corrected chi connectivity index (χ4v) is 5.34. The van der Waals surface area contributed by atoms with Gasteiger partial charge in [0.25, 0.3) is 0 Å². The van der Waals surface area contributed by atoms with Crippen molar-refractivity contribution >= 4 is 23.4 Å². The summed E-state index contributed by atoms with van der Waals surface area (Å²) in [5, 5.41) is 0. The van der Waals surface area contributed by atoms with Crippen LogP contribution in [0.1, 0.15) is 41.5 Å². The molecule has 24 heavy (non-hydrogen) atoms. The molecule has 132 valence electrons. The van der Waals surface area contributed by atoms with Gasteiger partial charge in [0.2, 0.25) is 11.8 Å². The van der Waals surface area contributed by atoms with Crippen LogP contribution in [0.4, 0.5) is 0 Å². The monoisotopic (exact) mass is 334 g/mol. The number of ketones is 2. The number of likely N-dealkylation sites (tertiary alicyclic amines) is 2. The summed E-state index contributed by atoms with van der Waals surface area (Å²) in [6.45, 7) is 10.1. The zero-order chi connectivity index (χ0) is 18.6. The van der Waals surface area contributed by atoms with E-state index in [4.69, 9.17) is 0 Å². The molecular weight excluding hydrogens is 308 g/mol. The molecule has 4 unspecified atom stereocenters. The molecule has 4 atom stereocenters. The molecule has 6 heteroatoms. The van der Waals surface area contributed by atoms with Gasteiger partial charge >= 0.3 is 0 Å². The van der Waals surface area contributed by atoms with Crippen molar-refractivity contribution in [1.29, 1.82) is 0 Å². The zero-order valence-corrected chi connectivity index (χ0v) is 15.7. The standard InChI is InChI=1S/C18H26N2O4/c1-15(2)11(21)9-10-12(22)16(3,4)14(24)20(8)18(10,6)17(9,5)19(7)13(15)23/h9-10H,1-8H3. The number of piperidine rings is 2. The minimum atomic E-state index is -1.15. The molecule has 2 amide bonds. The van der Waals surface area contributed by atoms with Gasteiger partial charge in [-0.15, -0.1) is 0 Å². The van der Waals surface area contributed by atoms with E-state index < -0.39 is 33.7 Å². The number of hydrogen-bond donors (Lipinski definition) is 0. The van der Waals surface area contributed by atoms with Gasteiger partial charge < -0.3 is 9.80 Å². The summed E-state index contributed by atoms with van der Waals surface area (Å²) >= 11 is 0. The lowest BCUT2D eigenvalue weighted by Crippen LogP contribution is -2.92. The molecule has 1 saturated carbocycles. The van der Waals surface area contributed by atoms with E-state index in [1.165, 1.54) is 0 Å². The molecule has 1 aliphatic carbocycles. The first-order valence-corrected chi connectivity index (χ1v) is 8.34. The quantitative estimate of drug-likeness (QED) is 0.617. The second-order valence-electron chi connectivity index (χ2n) is 8.96. The Morgan fingerprint density at radius 3 is 1.12 bits per heavy atom. The molecule has 0 aromatic heterocycles. The minimum absolute atomic E-state index is 0.192. The second-order valence-corrected chi connectivity index (χ2v) is 8.96. The number of amides is 2. The molecule has 2 aliphatic heterocycles. The van der Waals surface area contributed by atoms with E-state index in [0.717, 1.165) is 0 Å². The fraction of sp³-hybridized carbons (Fsp3) is 0.778. The Morgan fingerprint density at radius 2 is 0.875 bits per heavy atom. The molecule has 0 radical (unpaired) electrons. The van der Waals surface area contributed by atoms with Crippen LogP contribution in [0.15, 0.2) is 0 Å². The lowest BCUT2D eigenvalue weighted by atomic mass is 9.38. The first-order chi connectivity index (χ1) is 10.7.